The first-order valence-corrected chi connectivity index (χ1v) is 8.84. The molecule has 9 heteroatoms. The zero-order chi connectivity index (χ0) is 21.0. The zero-order valence-electron chi connectivity index (χ0n) is 15.8. The van der Waals surface area contributed by atoms with Gasteiger partial charge in [-0.15, -0.1) is 0 Å². The molecular formula is C20H19F3N4O2. The molecule has 0 aliphatic rings. The van der Waals surface area contributed by atoms with Gasteiger partial charge in [0.25, 0.3) is 6.20 Å². The molecule has 0 saturated carbocycles. The SMILES string of the molecule is Cc1cc(N/C([O-])=N/c2c[n+](C(C)Cc3ccccc3)no2)cc(C(F)(F)F)c1. The lowest BCUT2D eigenvalue weighted by molar-refractivity contribution is -0.782. The molecule has 0 bridgehead atoms. The van der Waals surface area contributed by atoms with Gasteiger partial charge >= 0.3 is 12.1 Å². The van der Waals surface area contributed by atoms with Crippen molar-refractivity contribution < 1.29 is 27.5 Å². The third-order valence-corrected chi connectivity index (χ3v) is 4.16. The van der Waals surface area contributed by atoms with E-state index in [1.165, 1.54) is 23.9 Å². The van der Waals surface area contributed by atoms with E-state index in [1.807, 2.05) is 37.3 Å². The number of alkyl halides is 3. The molecule has 29 heavy (non-hydrogen) atoms. The van der Waals surface area contributed by atoms with Crippen molar-refractivity contribution in [3.8, 4) is 0 Å². The molecule has 0 amide bonds. The lowest BCUT2D eigenvalue weighted by Gasteiger charge is -2.15. The number of nitrogens with zero attached hydrogens (tertiary/aromatic N) is 3. The first-order chi connectivity index (χ1) is 13.7. The van der Waals surface area contributed by atoms with Gasteiger partial charge in [0, 0.05) is 19.0 Å². The lowest BCUT2D eigenvalue weighted by Crippen LogP contribution is -2.39. The Morgan fingerprint density at radius 3 is 2.66 bits per heavy atom. The molecule has 6 nitrogen and oxygen atoms in total. The highest BCUT2D eigenvalue weighted by atomic mass is 19.4. The summed E-state index contributed by atoms with van der Waals surface area (Å²) in [6.07, 6.45) is -2.34. The third-order valence-electron chi connectivity index (χ3n) is 4.16. The van der Waals surface area contributed by atoms with Gasteiger partial charge < -0.3 is 10.4 Å². The number of anilines is 1. The average Bonchev–Trinajstić information content (AvgIpc) is 3.09. The summed E-state index contributed by atoms with van der Waals surface area (Å²) in [5, 5.41) is 18.2. The van der Waals surface area contributed by atoms with Crippen LogP contribution in [0.4, 0.5) is 24.7 Å². The van der Waals surface area contributed by atoms with Crippen LogP contribution < -0.4 is 15.1 Å². The molecule has 1 atom stereocenters. The number of hydrogen-bond donors (Lipinski definition) is 1. The van der Waals surface area contributed by atoms with Gasteiger partial charge in [0.1, 0.15) is 0 Å². The number of hydrogen-bond acceptors (Lipinski definition) is 4. The summed E-state index contributed by atoms with van der Waals surface area (Å²) in [5.41, 5.74) is 0.630. The molecule has 0 aliphatic carbocycles. The molecule has 1 heterocycles. The second-order valence-corrected chi connectivity index (χ2v) is 6.69. The van der Waals surface area contributed by atoms with Crippen molar-refractivity contribution in [2.24, 2.45) is 4.99 Å². The average molecular weight is 404 g/mol. The standard InChI is InChI=1S/C20H19F3N4O2/c1-13-8-16(20(21,22)23)11-17(9-13)24-19(28)25-18-12-27(26-29-18)14(2)10-15-6-4-3-5-7-15/h3-9,11-12,14H,10H2,1-2H3,(H-,24,25,26,28). The molecule has 2 aromatic carbocycles. The topological polar surface area (TPSA) is 77.4 Å². The fraction of sp³-hybridized carbons (Fsp3) is 0.250. The van der Waals surface area contributed by atoms with Crippen molar-refractivity contribution in [3.05, 3.63) is 71.4 Å². The zero-order valence-corrected chi connectivity index (χ0v) is 15.8. The predicted octanol–water partition coefficient (Wildman–Crippen LogP) is 3.55. The Hall–Kier alpha value is -3.36. The van der Waals surface area contributed by atoms with Gasteiger partial charge in [-0.2, -0.15) is 13.2 Å². The molecule has 3 aromatic rings. The fourth-order valence-corrected chi connectivity index (χ4v) is 2.83. The smallest absolute Gasteiger partial charge is 0.416 e. The van der Waals surface area contributed by atoms with Crippen LogP contribution in [0.5, 0.6) is 0 Å². The minimum atomic E-state index is -4.51. The van der Waals surface area contributed by atoms with Crippen molar-refractivity contribution in [3.63, 3.8) is 0 Å². The van der Waals surface area contributed by atoms with Crippen LogP contribution in [0.3, 0.4) is 0 Å². The number of aliphatic imine (C=N–C) groups is 1. The fourth-order valence-electron chi connectivity index (χ4n) is 2.83. The predicted molar refractivity (Wildman–Crippen MR) is 98.5 cm³/mol. The number of aromatic nitrogens is 2. The van der Waals surface area contributed by atoms with Crippen LogP contribution in [0, 0.1) is 6.92 Å². The first kappa shape index (κ1) is 20.4. The van der Waals surface area contributed by atoms with Crippen LogP contribution >= 0.6 is 0 Å². The number of nitrogens with one attached hydrogen (secondary N) is 1. The quantitative estimate of drug-likeness (QED) is 0.401. The molecule has 3 rings (SSSR count). The summed E-state index contributed by atoms with van der Waals surface area (Å²) in [4.78, 5) is 3.70. The minimum Gasteiger partial charge on any atom is -0.846 e. The van der Waals surface area contributed by atoms with Gasteiger partial charge in [-0.05, 0) is 40.9 Å². The Morgan fingerprint density at radius 2 is 1.97 bits per heavy atom. The van der Waals surface area contributed by atoms with E-state index in [-0.39, 0.29) is 17.6 Å². The molecular weight excluding hydrogens is 385 g/mol. The molecule has 0 saturated heterocycles. The molecule has 0 aliphatic heterocycles. The molecule has 1 N–H and O–H groups in total. The van der Waals surface area contributed by atoms with Crippen LogP contribution in [0.25, 0.3) is 0 Å². The van der Waals surface area contributed by atoms with E-state index in [0.29, 0.717) is 12.0 Å². The highest BCUT2D eigenvalue weighted by Gasteiger charge is 2.30. The van der Waals surface area contributed by atoms with E-state index in [4.69, 9.17) is 4.52 Å². The van der Waals surface area contributed by atoms with Crippen molar-refractivity contribution in [2.45, 2.75) is 32.5 Å². The summed E-state index contributed by atoms with van der Waals surface area (Å²) < 4.78 is 45.3. The van der Waals surface area contributed by atoms with Crippen LogP contribution in [0.15, 0.2) is 64.2 Å². The Morgan fingerprint density at radius 1 is 1.24 bits per heavy atom. The van der Waals surface area contributed by atoms with E-state index < -0.39 is 17.8 Å². The molecule has 0 fully saturated rings. The van der Waals surface area contributed by atoms with Gasteiger partial charge in [0.05, 0.1) is 11.6 Å². The molecule has 1 unspecified atom stereocenters. The van der Waals surface area contributed by atoms with E-state index >= 15 is 0 Å². The largest absolute Gasteiger partial charge is 0.846 e. The van der Waals surface area contributed by atoms with E-state index in [9.17, 15) is 18.3 Å². The maximum atomic E-state index is 12.9. The van der Waals surface area contributed by atoms with Crippen molar-refractivity contribution in [2.75, 3.05) is 5.32 Å². The van der Waals surface area contributed by atoms with E-state index in [0.717, 1.165) is 17.7 Å². The second kappa shape index (κ2) is 8.34. The Labute approximate surface area is 165 Å². The number of rotatable bonds is 5. The minimum absolute atomic E-state index is 0.00378. The second-order valence-electron chi connectivity index (χ2n) is 6.69. The summed E-state index contributed by atoms with van der Waals surface area (Å²) in [6.45, 7) is 3.44. The number of aryl methyl sites for hydroxylation is 1. The summed E-state index contributed by atoms with van der Waals surface area (Å²) >= 11 is 0. The Bertz CT molecular complexity index is 1000. The van der Waals surface area contributed by atoms with Gasteiger partial charge in [-0.1, -0.05) is 30.3 Å². The van der Waals surface area contributed by atoms with Crippen LogP contribution in [-0.2, 0) is 12.6 Å². The number of halogens is 3. The molecule has 152 valence electrons. The molecule has 0 radical (unpaired) electrons. The first-order valence-electron chi connectivity index (χ1n) is 8.84. The van der Waals surface area contributed by atoms with Crippen LogP contribution in [0.1, 0.15) is 29.7 Å². The Balaban J connectivity index is 1.70. The van der Waals surface area contributed by atoms with E-state index in [2.05, 4.69) is 15.6 Å². The van der Waals surface area contributed by atoms with Crippen molar-refractivity contribution >= 4 is 17.6 Å². The van der Waals surface area contributed by atoms with Gasteiger partial charge in [-0.3, -0.25) is 4.52 Å². The number of amidine groups is 1. The summed E-state index contributed by atoms with van der Waals surface area (Å²) in [5.74, 6) is -0.0499. The number of benzene rings is 2. The maximum Gasteiger partial charge on any atom is 0.416 e. The van der Waals surface area contributed by atoms with Crippen molar-refractivity contribution in [1.29, 1.82) is 0 Å². The molecule has 1 aromatic heterocycles. The summed E-state index contributed by atoms with van der Waals surface area (Å²) in [7, 11) is 0. The van der Waals surface area contributed by atoms with Gasteiger partial charge in [0.2, 0.25) is 5.27 Å². The monoisotopic (exact) mass is 404 g/mol. The highest BCUT2D eigenvalue weighted by molar-refractivity contribution is 5.87. The van der Waals surface area contributed by atoms with Crippen LogP contribution in [-0.4, -0.2) is 11.3 Å². The lowest BCUT2D eigenvalue weighted by atomic mass is 10.1. The summed E-state index contributed by atoms with van der Waals surface area (Å²) in [6, 6.07) is 12.2. The van der Waals surface area contributed by atoms with Gasteiger partial charge in [-0.25, -0.2) is 4.99 Å². The Kier molecular flexibility index (Phi) is 5.86. The van der Waals surface area contributed by atoms with E-state index in [1.54, 1.807) is 0 Å². The van der Waals surface area contributed by atoms with Crippen LogP contribution in [0.2, 0.25) is 0 Å². The maximum absolute atomic E-state index is 12.9. The third kappa shape index (κ3) is 5.56. The molecule has 0 spiro atoms. The van der Waals surface area contributed by atoms with Gasteiger partial charge in [0.15, 0.2) is 6.04 Å². The highest BCUT2D eigenvalue weighted by Crippen LogP contribution is 2.31. The normalized spacial score (nSPS) is 13.3. The van der Waals surface area contributed by atoms with Crippen molar-refractivity contribution in [1.82, 2.24) is 5.27 Å².